The maximum absolute atomic E-state index is 13.2. The Kier molecular flexibility index (Phi) is 4.53. The number of amides is 1. The molecule has 142 valence electrons. The number of aromatic hydroxyl groups is 2. The molecule has 0 aliphatic carbocycles. The lowest BCUT2D eigenvalue weighted by atomic mass is 10.0. The Labute approximate surface area is 157 Å². The minimum absolute atomic E-state index is 0.0175. The number of ether oxygens (including phenoxy) is 2. The van der Waals surface area contributed by atoms with E-state index in [1.54, 1.807) is 17.0 Å². The largest absolute Gasteiger partial charge is 0.504 e. The maximum atomic E-state index is 13.2. The fraction of sp³-hybridized carbons (Fsp3) is 0.350. The average molecular weight is 370 g/mol. The van der Waals surface area contributed by atoms with Crippen LogP contribution in [0.5, 0.6) is 17.2 Å². The van der Waals surface area contributed by atoms with Crippen LogP contribution in [0.1, 0.15) is 34.9 Å². The van der Waals surface area contributed by atoms with Gasteiger partial charge in [-0.25, -0.2) is 0 Å². The third kappa shape index (κ3) is 3.14. The van der Waals surface area contributed by atoms with E-state index < -0.39 is 6.17 Å². The first kappa shape index (κ1) is 17.5. The van der Waals surface area contributed by atoms with Gasteiger partial charge in [0.15, 0.2) is 11.5 Å². The van der Waals surface area contributed by atoms with E-state index in [1.807, 2.05) is 18.2 Å². The van der Waals surface area contributed by atoms with E-state index in [0.29, 0.717) is 24.3 Å². The van der Waals surface area contributed by atoms with Gasteiger partial charge in [0.2, 0.25) is 5.75 Å². The normalized spacial score (nSPS) is 21.7. The second kappa shape index (κ2) is 7.00. The molecular formula is C20H22N2O5. The van der Waals surface area contributed by atoms with Crippen LogP contribution < -0.4 is 10.1 Å². The van der Waals surface area contributed by atoms with Gasteiger partial charge in [0.1, 0.15) is 6.17 Å². The van der Waals surface area contributed by atoms with Crippen LogP contribution in [0.4, 0.5) is 5.69 Å². The number of hydrogen-bond donors (Lipinski definition) is 3. The molecule has 2 aliphatic rings. The SMILES string of the molecule is COc1cc([C@H]2Nc3ccccc3C(=O)N2C[C@H]2CCCO2)cc(O)c1O. The minimum Gasteiger partial charge on any atom is -0.504 e. The molecule has 2 heterocycles. The molecule has 2 aliphatic heterocycles. The quantitative estimate of drug-likeness (QED) is 0.717. The minimum atomic E-state index is -0.517. The highest BCUT2D eigenvalue weighted by Crippen LogP contribution is 2.41. The van der Waals surface area contributed by atoms with Crippen molar-refractivity contribution in [2.24, 2.45) is 0 Å². The van der Waals surface area contributed by atoms with E-state index in [2.05, 4.69) is 5.32 Å². The Balaban J connectivity index is 1.76. The molecule has 1 saturated heterocycles. The summed E-state index contributed by atoms with van der Waals surface area (Å²) in [6, 6.07) is 10.4. The van der Waals surface area contributed by atoms with Gasteiger partial charge in [-0.15, -0.1) is 0 Å². The van der Waals surface area contributed by atoms with Gasteiger partial charge in [-0.05, 0) is 37.1 Å². The van der Waals surface area contributed by atoms with Crippen LogP contribution in [0.2, 0.25) is 0 Å². The van der Waals surface area contributed by atoms with E-state index in [1.165, 1.54) is 13.2 Å². The fourth-order valence-corrected chi connectivity index (χ4v) is 3.68. The molecule has 2 aromatic rings. The Morgan fingerprint density at radius 3 is 2.85 bits per heavy atom. The van der Waals surface area contributed by atoms with E-state index in [-0.39, 0.29) is 29.3 Å². The van der Waals surface area contributed by atoms with Gasteiger partial charge < -0.3 is 29.9 Å². The number of carbonyl (C=O) groups is 1. The number of rotatable bonds is 4. The zero-order valence-corrected chi connectivity index (χ0v) is 15.0. The summed E-state index contributed by atoms with van der Waals surface area (Å²) in [5.74, 6) is -0.574. The number of nitrogens with one attached hydrogen (secondary N) is 1. The number of phenols is 2. The Morgan fingerprint density at radius 2 is 2.11 bits per heavy atom. The molecule has 0 unspecified atom stereocenters. The molecule has 7 heteroatoms. The molecule has 1 amide bonds. The van der Waals surface area contributed by atoms with Gasteiger partial charge in [-0.2, -0.15) is 0 Å². The number of hydrogen-bond acceptors (Lipinski definition) is 6. The van der Waals surface area contributed by atoms with E-state index in [0.717, 1.165) is 18.5 Å². The predicted octanol–water partition coefficient (Wildman–Crippen LogP) is 2.85. The van der Waals surface area contributed by atoms with Crippen molar-refractivity contribution in [1.29, 1.82) is 0 Å². The van der Waals surface area contributed by atoms with Gasteiger partial charge in [0.05, 0.1) is 18.8 Å². The van der Waals surface area contributed by atoms with Crippen LogP contribution in [-0.4, -0.2) is 47.4 Å². The van der Waals surface area contributed by atoms with Crippen LogP contribution in [0.15, 0.2) is 36.4 Å². The zero-order chi connectivity index (χ0) is 19.0. The summed E-state index contributed by atoms with van der Waals surface area (Å²) in [5.41, 5.74) is 1.94. The van der Waals surface area contributed by atoms with Crippen molar-refractivity contribution in [3.63, 3.8) is 0 Å². The molecule has 4 rings (SSSR count). The van der Waals surface area contributed by atoms with Crippen molar-refractivity contribution < 1.29 is 24.5 Å². The van der Waals surface area contributed by atoms with Crippen molar-refractivity contribution in [3.8, 4) is 17.2 Å². The van der Waals surface area contributed by atoms with Crippen LogP contribution >= 0.6 is 0 Å². The molecular weight excluding hydrogens is 348 g/mol. The number of methoxy groups -OCH3 is 1. The number of benzene rings is 2. The summed E-state index contributed by atoms with van der Waals surface area (Å²) in [4.78, 5) is 14.9. The molecule has 7 nitrogen and oxygen atoms in total. The molecule has 27 heavy (non-hydrogen) atoms. The Bertz CT molecular complexity index is 863. The molecule has 2 atom stereocenters. The molecule has 0 saturated carbocycles. The maximum Gasteiger partial charge on any atom is 0.257 e. The topological polar surface area (TPSA) is 91.3 Å². The van der Waals surface area contributed by atoms with Gasteiger partial charge in [0.25, 0.3) is 5.91 Å². The number of carbonyl (C=O) groups excluding carboxylic acids is 1. The number of anilines is 1. The Hall–Kier alpha value is -2.93. The van der Waals surface area contributed by atoms with Gasteiger partial charge in [0, 0.05) is 24.4 Å². The zero-order valence-electron chi connectivity index (χ0n) is 15.0. The third-order valence-corrected chi connectivity index (χ3v) is 5.06. The van der Waals surface area contributed by atoms with Crippen molar-refractivity contribution in [3.05, 3.63) is 47.5 Å². The monoisotopic (exact) mass is 370 g/mol. The van der Waals surface area contributed by atoms with Crippen LogP contribution in [0.25, 0.3) is 0 Å². The van der Waals surface area contributed by atoms with Crippen LogP contribution in [-0.2, 0) is 4.74 Å². The van der Waals surface area contributed by atoms with E-state index >= 15 is 0 Å². The smallest absolute Gasteiger partial charge is 0.257 e. The number of para-hydroxylation sites is 1. The molecule has 0 radical (unpaired) electrons. The summed E-state index contributed by atoms with van der Waals surface area (Å²) >= 11 is 0. The first-order valence-electron chi connectivity index (χ1n) is 8.96. The summed E-state index contributed by atoms with van der Waals surface area (Å²) < 4.78 is 10.9. The van der Waals surface area contributed by atoms with Crippen molar-refractivity contribution in [2.45, 2.75) is 25.1 Å². The first-order chi connectivity index (χ1) is 13.1. The highest BCUT2D eigenvalue weighted by molar-refractivity contribution is 6.01. The molecule has 0 bridgehead atoms. The summed E-state index contributed by atoms with van der Waals surface area (Å²) in [5, 5.41) is 23.4. The Morgan fingerprint density at radius 1 is 1.30 bits per heavy atom. The molecule has 2 aromatic carbocycles. The molecule has 0 spiro atoms. The predicted molar refractivity (Wildman–Crippen MR) is 99.1 cm³/mol. The molecule has 1 fully saturated rings. The first-order valence-corrected chi connectivity index (χ1v) is 8.96. The third-order valence-electron chi connectivity index (χ3n) is 5.06. The second-order valence-corrected chi connectivity index (χ2v) is 6.78. The fourth-order valence-electron chi connectivity index (χ4n) is 3.68. The summed E-state index contributed by atoms with van der Waals surface area (Å²) in [6.07, 6.45) is 1.35. The molecule has 0 aromatic heterocycles. The average Bonchev–Trinajstić information content (AvgIpc) is 3.19. The lowest BCUT2D eigenvalue weighted by molar-refractivity contribution is 0.0426. The lowest BCUT2D eigenvalue weighted by Gasteiger charge is -2.39. The van der Waals surface area contributed by atoms with Crippen molar-refractivity contribution >= 4 is 11.6 Å². The number of phenolic OH excluding ortho intramolecular Hbond substituents is 2. The summed E-state index contributed by atoms with van der Waals surface area (Å²) in [7, 11) is 1.41. The number of fused-ring (bicyclic) bond motifs is 1. The van der Waals surface area contributed by atoms with E-state index in [4.69, 9.17) is 9.47 Å². The van der Waals surface area contributed by atoms with Crippen LogP contribution in [0, 0.1) is 0 Å². The molecule has 3 N–H and O–H groups in total. The highest BCUT2D eigenvalue weighted by atomic mass is 16.5. The number of nitrogens with zero attached hydrogens (tertiary/aromatic N) is 1. The van der Waals surface area contributed by atoms with Crippen molar-refractivity contribution in [2.75, 3.05) is 25.6 Å². The van der Waals surface area contributed by atoms with Gasteiger partial charge in [-0.3, -0.25) is 4.79 Å². The highest BCUT2D eigenvalue weighted by Gasteiger charge is 2.35. The lowest BCUT2D eigenvalue weighted by Crippen LogP contribution is -2.46. The standard InChI is InChI=1S/C20H22N2O5/c1-26-17-10-12(9-16(23)18(17)24)19-21-15-7-3-2-6-14(15)20(25)22(19)11-13-5-4-8-27-13/h2-3,6-7,9-10,13,19,21,23-24H,4-5,8,11H2,1H3/t13-,19+/m1/s1. The van der Waals surface area contributed by atoms with Gasteiger partial charge >= 0.3 is 0 Å². The van der Waals surface area contributed by atoms with E-state index in [9.17, 15) is 15.0 Å². The van der Waals surface area contributed by atoms with Gasteiger partial charge in [-0.1, -0.05) is 12.1 Å². The van der Waals surface area contributed by atoms with Crippen molar-refractivity contribution in [1.82, 2.24) is 4.90 Å². The van der Waals surface area contributed by atoms with Crippen LogP contribution in [0.3, 0.4) is 0 Å². The summed E-state index contributed by atoms with van der Waals surface area (Å²) in [6.45, 7) is 1.14. The second-order valence-electron chi connectivity index (χ2n) is 6.78.